The van der Waals surface area contributed by atoms with Crippen LogP contribution in [0.3, 0.4) is 0 Å². The molecule has 130 valence electrons. The monoisotopic (exact) mass is 408 g/mol. The van der Waals surface area contributed by atoms with E-state index >= 15 is 0 Å². The minimum Gasteiger partial charge on any atom is -0.358 e. The molecule has 0 aliphatic heterocycles. The van der Waals surface area contributed by atoms with Crippen molar-refractivity contribution in [2.75, 3.05) is 5.32 Å². The van der Waals surface area contributed by atoms with E-state index in [1.807, 2.05) is 17.8 Å². The van der Waals surface area contributed by atoms with Crippen molar-refractivity contribution in [3.8, 4) is 0 Å². The summed E-state index contributed by atoms with van der Waals surface area (Å²) in [6.07, 6.45) is 6.80. The molecule has 0 atom stereocenters. The minimum absolute atomic E-state index is 0.00521. The summed E-state index contributed by atoms with van der Waals surface area (Å²) in [6.45, 7) is 3.29. The van der Waals surface area contributed by atoms with E-state index in [9.17, 15) is 14.9 Å². The van der Waals surface area contributed by atoms with Crippen molar-refractivity contribution in [2.45, 2.75) is 20.0 Å². The summed E-state index contributed by atoms with van der Waals surface area (Å²) in [5.74, 6) is -0.969. The molecule has 0 aliphatic rings. The lowest BCUT2D eigenvalue weighted by Gasteiger charge is -1.99. The molecule has 0 bridgehead atoms. The Morgan fingerprint density at radius 3 is 2.76 bits per heavy atom. The topological polar surface area (TPSA) is 137 Å². The molecule has 3 aromatic rings. The van der Waals surface area contributed by atoms with Crippen molar-refractivity contribution < 1.29 is 9.72 Å². The zero-order valence-electron chi connectivity index (χ0n) is 13.0. The number of carbonyl (C=O) groups is 1. The van der Waals surface area contributed by atoms with Crippen LogP contribution in [-0.4, -0.2) is 40.6 Å². The summed E-state index contributed by atoms with van der Waals surface area (Å²) in [4.78, 5) is 22.3. The number of anilines is 1. The molecule has 0 unspecified atom stereocenters. The fraction of sp³-hybridized carbons (Fsp3) is 0.231. The van der Waals surface area contributed by atoms with Gasteiger partial charge in [-0.1, -0.05) is 5.10 Å². The average Bonchev–Trinajstić information content (AvgIpc) is 3.28. The Bertz CT molecular complexity index is 928. The van der Waals surface area contributed by atoms with Gasteiger partial charge in [-0.05, 0) is 27.8 Å². The molecule has 2 N–H and O–H groups in total. The van der Waals surface area contributed by atoms with Gasteiger partial charge < -0.3 is 15.4 Å². The quantitative estimate of drug-likeness (QED) is 0.471. The molecule has 11 nitrogen and oxygen atoms in total. The number of aromatic amines is 1. The van der Waals surface area contributed by atoms with Gasteiger partial charge in [0.15, 0.2) is 5.69 Å². The number of H-pyrrole nitrogens is 1. The number of hydrogen-bond donors (Lipinski definition) is 2. The van der Waals surface area contributed by atoms with Gasteiger partial charge in [0, 0.05) is 24.5 Å². The van der Waals surface area contributed by atoms with Gasteiger partial charge >= 0.3 is 5.82 Å². The Balaban J connectivity index is 1.68. The molecule has 0 radical (unpaired) electrons. The van der Waals surface area contributed by atoms with Crippen LogP contribution >= 0.6 is 15.9 Å². The van der Waals surface area contributed by atoms with Gasteiger partial charge in [-0.3, -0.25) is 14.2 Å². The highest BCUT2D eigenvalue weighted by atomic mass is 79.9. The van der Waals surface area contributed by atoms with Gasteiger partial charge in [0.05, 0.1) is 24.6 Å². The third-order valence-corrected chi connectivity index (χ3v) is 4.08. The van der Waals surface area contributed by atoms with Crippen molar-refractivity contribution in [3.05, 3.63) is 50.6 Å². The number of amides is 1. The molecule has 12 heteroatoms. The van der Waals surface area contributed by atoms with Crippen LogP contribution in [0.2, 0.25) is 0 Å². The molecular weight excluding hydrogens is 396 g/mol. The number of nitrogens with zero attached hydrogens (tertiary/aromatic N) is 6. The first-order chi connectivity index (χ1) is 12.0. The van der Waals surface area contributed by atoms with Crippen LogP contribution in [0.15, 0.2) is 29.3 Å². The van der Waals surface area contributed by atoms with Crippen LogP contribution in [-0.2, 0) is 13.1 Å². The first kappa shape index (κ1) is 16.8. The fourth-order valence-corrected chi connectivity index (χ4v) is 2.65. The smallest absolute Gasteiger partial charge is 0.357 e. The second kappa shape index (κ2) is 6.84. The number of hydrogen-bond acceptors (Lipinski definition) is 6. The Hall–Kier alpha value is -3.02. The first-order valence-electron chi connectivity index (χ1n) is 7.21. The normalized spacial score (nSPS) is 10.8. The van der Waals surface area contributed by atoms with Crippen LogP contribution in [0.1, 0.15) is 23.0 Å². The van der Waals surface area contributed by atoms with Gasteiger partial charge in [0.25, 0.3) is 5.91 Å². The summed E-state index contributed by atoms with van der Waals surface area (Å²) in [5, 5.41) is 27.6. The summed E-state index contributed by atoms with van der Waals surface area (Å²) in [7, 11) is 0. The third kappa shape index (κ3) is 3.57. The SMILES string of the molecule is CCn1cc(Cn2cc(NC(=O)c3n[nH]c([N+](=O)[O-])c3Br)cn2)cn1. The molecule has 25 heavy (non-hydrogen) atoms. The van der Waals surface area contributed by atoms with Crippen molar-refractivity contribution in [1.29, 1.82) is 0 Å². The first-order valence-corrected chi connectivity index (χ1v) is 8.00. The Labute approximate surface area is 149 Å². The number of halogens is 1. The molecular formula is C13H13BrN8O3. The van der Waals surface area contributed by atoms with Crippen molar-refractivity contribution >= 4 is 33.3 Å². The molecule has 0 aromatic carbocycles. The van der Waals surface area contributed by atoms with Crippen molar-refractivity contribution in [2.24, 2.45) is 0 Å². The highest BCUT2D eigenvalue weighted by molar-refractivity contribution is 9.10. The zero-order valence-corrected chi connectivity index (χ0v) is 14.6. The maximum Gasteiger partial charge on any atom is 0.357 e. The molecule has 0 spiro atoms. The zero-order chi connectivity index (χ0) is 18.0. The molecule has 3 rings (SSSR count). The highest BCUT2D eigenvalue weighted by Crippen LogP contribution is 2.26. The summed E-state index contributed by atoms with van der Waals surface area (Å²) in [6, 6.07) is 0. The van der Waals surface area contributed by atoms with Crippen LogP contribution in [0.25, 0.3) is 0 Å². The highest BCUT2D eigenvalue weighted by Gasteiger charge is 2.24. The number of nitrogens with one attached hydrogen (secondary N) is 2. The molecule has 3 heterocycles. The maximum absolute atomic E-state index is 12.2. The Morgan fingerprint density at radius 2 is 2.12 bits per heavy atom. The van der Waals surface area contributed by atoms with Gasteiger partial charge in [-0.25, -0.2) is 0 Å². The molecule has 0 saturated heterocycles. The molecule has 0 fully saturated rings. The Morgan fingerprint density at radius 1 is 1.36 bits per heavy atom. The van der Waals surface area contributed by atoms with E-state index in [2.05, 4.69) is 41.6 Å². The maximum atomic E-state index is 12.2. The van der Waals surface area contributed by atoms with Crippen LogP contribution in [0, 0.1) is 10.1 Å². The molecule has 0 saturated carbocycles. The minimum atomic E-state index is -0.664. The second-order valence-corrected chi connectivity index (χ2v) is 5.87. The number of nitro groups is 1. The largest absolute Gasteiger partial charge is 0.358 e. The molecule has 1 amide bonds. The van der Waals surface area contributed by atoms with E-state index in [-0.39, 0.29) is 16.0 Å². The average molecular weight is 409 g/mol. The fourth-order valence-electron chi connectivity index (χ4n) is 2.14. The lowest BCUT2D eigenvalue weighted by atomic mass is 10.3. The molecule has 0 aliphatic carbocycles. The predicted molar refractivity (Wildman–Crippen MR) is 90.1 cm³/mol. The molecule has 3 aromatic heterocycles. The summed E-state index contributed by atoms with van der Waals surface area (Å²) in [5.41, 5.74) is 1.32. The van der Waals surface area contributed by atoms with Gasteiger partial charge in [0.1, 0.15) is 4.47 Å². The van der Waals surface area contributed by atoms with E-state index in [4.69, 9.17) is 0 Å². The number of carbonyl (C=O) groups excluding carboxylic acids is 1. The van der Waals surface area contributed by atoms with E-state index in [0.29, 0.717) is 12.2 Å². The van der Waals surface area contributed by atoms with E-state index < -0.39 is 10.8 Å². The van der Waals surface area contributed by atoms with Gasteiger partial charge in [-0.15, -0.1) is 5.10 Å². The van der Waals surface area contributed by atoms with E-state index in [0.717, 1.165) is 12.1 Å². The number of rotatable bonds is 6. The van der Waals surface area contributed by atoms with E-state index in [1.54, 1.807) is 17.1 Å². The van der Waals surface area contributed by atoms with Crippen LogP contribution in [0.5, 0.6) is 0 Å². The van der Waals surface area contributed by atoms with Crippen molar-refractivity contribution in [1.82, 2.24) is 29.8 Å². The lowest BCUT2D eigenvalue weighted by molar-refractivity contribution is -0.390. The van der Waals surface area contributed by atoms with Gasteiger partial charge in [0.2, 0.25) is 0 Å². The number of aromatic nitrogens is 6. The number of aryl methyl sites for hydroxylation is 1. The third-order valence-electron chi connectivity index (χ3n) is 3.33. The van der Waals surface area contributed by atoms with Gasteiger partial charge in [-0.2, -0.15) is 10.2 Å². The standard InChI is InChI=1S/C13H13BrN8O3/c1-2-20-5-8(3-15-20)6-21-7-9(4-16-21)17-13(23)11-10(14)12(19-18-11)22(24)25/h3-5,7H,2,6H2,1H3,(H,17,23)(H,18,19). The van der Waals surface area contributed by atoms with Crippen LogP contribution < -0.4 is 5.32 Å². The summed E-state index contributed by atoms with van der Waals surface area (Å²) < 4.78 is 3.45. The Kier molecular flexibility index (Phi) is 4.61. The van der Waals surface area contributed by atoms with E-state index in [1.165, 1.54) is 6.20 Å². The lowest BCUT2D eigenvalue weighted by Crippen LogP contribution is -2.12. The predicted octanol–water partition coefficient (Wildman–Crippen LogP) is 1.79. The van der Waals surface area contributed by atoms with Crippen LogP contribution in [0.4, 0.5) is 11.5 Å². The second-order valence-electron chi connectivity index (χ2n) is 5.08. The summed E-state index contributed by atoms with van der Waals surface area (Å²) >= 11 is 3.00. The van der Waals surface area contributed by atoms with Crippen molar-refractivity contribution in [3.63, 3.8) is 0 Å².